The van der Waals surface area contributed by atoms with E-state index in [2.05, 4.69) is 44.7 Å². The van der Waals surface area contributed by atoms with E-state index in [1.54, 1.807) is 18.3 Å². The maximum absolute atomic E-state index is 11.3. The van der Waals surface area contributed by atoms with E-state index in [0.717, 1.165) is 62.0 Å². The Morgan fingerprint density at radius 2 is 2.12 bits per heavy atom. The number of aromatic nitrogens is 3. The summed E-state index contributed by atoms with van der Waals surface area (Å²) >= 11 is 0. The number of nitrogens with zero attached hydrogens (tertiary/aromatic N) is 2. The number of hydrogen-bond acceptors (Lipinski definition) is 6. The quantitative estimate of drug-likeness (QED) is 0.303. The van der Waals surface area contributed by atoms with Crippen LogP contribution in [0.5, 0.6) is 0 Å². The monoisotopic (exact) mass is 436 g/mol. The molecule has 1 aliphatic carbocycles. The molecule has 0 saturated carbocycles. The fourth-order valence-electron chi connectivity index (χ4n) is 4.22. The van der Waals surface area contributed by atoms with Crippen molar-refractivity contribution in [1.82, 2.24) is 20.3 Å². The number of aryl methyl sites for hydroxylation is 1. The second-order valence-corrected chi connectivity index (χ2v) is 8.80. The second-order valence-electron chi connectivity index (χ2n) is 8.80. The van der Waals surface area contributed by atoms with Crippen molar-refractivity contribution in [2.24, 2.45) is 5.92 Å². The molecule has 0 aliphatic heterocycles. The summed E-state index contributed by atoms with van der Waals surface area (Å²) in [4.78, 5) is 23.6. The summed E-state index contributed by atoms with van der Waals surface area (Å²) < 4.78 is 0. The molecule has 1 aliphatic rings. The van der Waals surface area contributed by atoms with Crippen molar-refractivity contribution in [2.75, 3.05) is 30.3 Å². The number of aromatic carboxylic acids is 1. The average molecular weight is 437 g/mol. The van der Waals surface area contributed by atoms with E-state index < -0.39 is 5.97 Å². The van der Waals surface area contributed by atoms with Gasteiger partial charge in [-0.2, -0.15) is 4.98 Å². The van der Waals surface area contributed by atoms with Crippen LogP contribution in [-0.4, -0.2) is 45.7 Å². The van der Waals surface area contributed by atoms with Gasteiger partial charge in [0.05, 0.1) is 5.56 Å². The van der Waals surface area contributed by atoms with Crippen LogP contribution >= 0.6 is 0 Å². The number of carboxylic acids is 1. The van der Waals surface area contributed by atoms with Crippen molar-refractivity contribution in [3.63, 3.8) is 0 Å². The van der Waals surface area contributed by atoms with Crippen LogP contribution < -0.4 is 16.0 Å². The van der Waals surface area contributed by atoms with Crippen molar-refractivity contribution in [3.05, 3.63) is 47.3 Å². The molecule has 1 atom stereocenters. The maximum Gasteiger partial charge on any atom is 0.335 e. The first-order valence-corrected chi connectivity index (χ1v) is 11.4. The second kappa shape index (κ2) is 9.99. The van der Waals surface area contributed by atoms with Crippen molar-refractivity contribution in [3.8, 4) is 0 Å². The Kier molecular flexibility index (Phi) is 6.90. The van der Waals surface area contributed by atoms with Crippen LogP contribution in [0.4, 0.5) is 11.8 Å². The molecule has 2 aromatic heterocycles. The van der Waals surface area contributed by atoms with E-state index >= 15 is 0 Å². The predicted octanol–water partition coefficient (Wildman–Crippen LogP) is 4.19. The minimum Gasteiger partial charge on any atom is -0.478 e. The summed E-state index contributed by atoms with van der Waals surface area (Å²) in [5.74, 6) is 1.14. The summed E-state index contributed by atoms with van der Waals surface area (Å²) in [5, 5.41) is 20.6. The highest BCUT2D eigenvalue weighted by molar-refractivity contribution is 5.95. The van der Waals surface area contributed by atoms with Crippen molar-refractivity contribution < 1.29 is 9.90 Å². The van der Waals surface area contributed by atoms with Crippen molar-refractivity contribution in [1.29, 1.82) is 0 Å². The molecule has 8 heteroatoms. The molecule has 1 aromatic carbocycles. The molecule has 0 fully saturated rings. The van der Waals surface area contributed by atoms with Gasteiger partial charge in [-0.1, -0.05) is 13.8 Å². The van der Waals surface area contributed by atoms with Gasteiger partial charge in [-0.15, -0.1) is 0 Å². The first-order valence-electron chi connectivity index (χ1n) is 11.4. The molecule has 3 aromatic rings. The zero-order valence-electron chi connectivity index (χ0n) is 18.7. The highest BCUT2D eigenvalue weighted by atomic mass is 16.4. The van der Waals surface area contributed by atoms with Crippen LogP contribution in [0, 0.1) is 5.92 Å². The van der Waals surface area contributed by atoms with Crippen LogP contribution in [0.3, 0.4) is 0 Å². The molecule has 4 rings (SSSR count). The van der Waals surface area contributed by atoms with Crippen LogP contribution in [-0.2, 0) is 6.42 Å². The van der Waals surface area contributed by atoms with Gasteiger partial charge in [0.25, 0.3) is 0 Å². The normalized spacial score (nSPS) is 15.7. The summed E-state index contributed by atoms with van der Waals surface area (Å²) in [6, 6.07) is 7.50. The van der Waals surface area contributed by atoms with Gasteiger partial charge in [0.1, 0.15) is 5.82 Å². The van der Waals surface area contributed by atoms with Gasteiger partial charge < -0.3 is 26.0 Å². The summed E-state index contributed by atoms with van der Waals surface area (Å²) in [6.07, 6.45) is 5.90. The highest BCUT2D eigenvalue weighted by Crippen LogP contribution is 2.35. The zero-order chi connectivity index (χ0) is 22.5. The van der Waals surface area contributed by atoms with E-state index in [0.29, 0.717) is 17.4 Å². The Morgan fingerprint density at radius 3 is 2.94 bits per heavy atom. The third kappa shape index (κ3) is 5.19. The Morgan fingerprint density at radius 1 is 1.25 bits per heavy atom. The lowest BCUT2D eigenvalue weighted by Crippen LogP contribution is -2.27. The molecule has 0 bridgehead atoms. The molecule has 0 spiro atoms. The molecule has 170 valence electrons. The Bertz CT molecular complexity index is 1080. The topological polar surface area (TPSA) is 115 Å². The number of aromatic amines is 1. The maximum atomic E-state index is 11.3. The zero-order valence-corrected chi connectivity index (χ0v) is 18.7. The molecule has 5 N–H and O–H groups in total. The number of carbonyl (C=O) groups is 1. The number of benzene rings is 1. The first-order chi connectivity index (χ1) is 15.5. The van der Waals surface area contributed by atoms with Gasteiger partial charge in [-0.3, -0.25) is 0 Å². The lowest BCUT2D eigenvalue weighted by atomic mass is 9.91. The highest BCUT2D eigenvalue weighted by Gasteiger charge is 2.24. The largest absolute Gasteiger partial charge is 0.478 e. The van der Waals surface area contributed by atoms with E-state index in [9.17, 15) is 9.90 Å². The van der Waals surface area contributed by atoms with E-state index in [1.807, 2.05) is 12.1 Å². The van der Waals surface area contributed by atoms with Crippen LogP contribution in [0.2, 0.25) is 0 Å². The Labute approximate surface area is 188 Å². The van der Waals surface area contributed by atoms with E-state index in [1.165, 1.54) is 11.3 Å². The molecule has 2 heterocycles. The molecule has 0 saturated heterocycles. The number of anilines is 2. The lowest BCUT2D eigenvalue weighted by molar-refractivity contribution is 0.0697. The van der Waals surface area contributed by atoms with E-state index in [-0.39, 0.29) is 6.04 Å². The molecule has 0 radical (unpaired) electrons. The molecule has 32 heavy (non-hydrogen) atoms. The van der Waals surface area contributed by atoms with Crippen molar-refractivity contribution >= 4 is 28.6 Å². The summed E-state index contributed by atoms with van der Waals surface area (Å²) in [7, 11) is 0. The molecular formula is C24H32N6O2. The minimum atomic E-state index is -0.883. The molecule has 1 unspecified atom stereocenters. The smallest absolute Gasteiger partial charge is 0.335 e. The SMILES string of the molecule is CC(C)CNc1nccc(NCCCNC2CCCc3c2[nH]c2ccc(C(=O)O)cc32)n1. The van der Waals surface area contributed by atoms with Gasteiger partial charge in [0.15, 0.2) is 0 Å². The fourth-order valence-corrected chi connectivity index (χ4v) is 4.22. The van der Waals surface area contributed by atoms with Crippen LogP contribution in [0.1, 0.15) is 60.8 Å². The van der Waals surface area contributed by atoms with Gasteiger partial charge in [0.2, 0.25) is 5.95 Å². The lowest BCUT2D eigenvalue weighted by Gasteiger charge is -2.24. The van der Waals surface area contributed by atoms with Gasteiger partial charge in [-0.25, -0.2) is 9.78 Å². The number of nitrogens with one attached hydrogen (secondary N) is 4. The standard InChI is InChI=1S/C24H32N6O2/c1-15(2)14-28-24-27-12-9-21(30-24)26-11-4-10-25-20-6-3-5-17-18-13-16(23(31)32)7-8-19(18)29-22(17)20/h7-9,12-13,15,20,25,29H,3-6,10-11,14H2,1-2H3,(H,31,32)(H2,26,27,28,30). The summed E-state index contributed by atoms with van der Waals surface area (Å²) in [6.45, 7) is 6.86. The van der Waals surface area contributed by atoms with Crippen molar-refractivity contribution in [2.45, 2.75) is 45.6 Å². The first kappa shape index (κ1) is 22.1. The fraction of sp³-hybridized carbons (Fsp3) is 0.458. The third-order valence-electron chi connectivity index (χ3n) is 5.83. The van der Waals surface area contributed by atoms with Crippen LogP contribution in [0.25, 0.3) is 10.9 Å². The molecular weight excluding hydrogens is 404 g/mol. The van der Waals surface area contributed by atoms with Crippen LogP contribution in [0.15, 0.2) is 30.5 Å². The Balaban J connectivity index is 1.30. The third-order valence-corrected chi connectivity index (χ3v) is 5.83. The Hall–Kier alpha value is -3.13. The minimum absolute atomic E-state index is 0.269. The van der Waals surface area contributed by atoms with E-state index in [4.69, 9.17) is 0 Å². The number of hydrogen-bond donors (Lipinski definition) is 5. The summed E-state index contributed by atoms with van der Waals surface area (Å²) in [5.41, 5.74) is 3.82. The molecule has 8 nitrogen and oxygen atoms in total. The number of H-pyrrole nitrogens is 1. The average Bonchev–Trinajstić information content (AvgIpc) is 3.16. The predicted molar refractivity (Wildman–Crippen MR) is 127 cm³/mol. The number of carboxylic acid groups (broad SMARTS) is 1. The number of fused-ring (bicyclic) bond motifs is 3. The molecule has 0 amide bonds. The number of rotatable bonds is 10. The van der Waals surface area contributed by atoms with Gasteiger partial charge in [-0.05, 0) is 68.0 Å². The van der Waals surface area contributed by atoms with Gasteiger partial charge >= 0.3 is 5.97 Å². The van der Waals surface area contributed by atoms with Gasteiger partial charge in [0, 0.05) is 41.9 Å².